The van der Waals surface area contributed by atoms with Crippen molar-refractivity contribution >= 4 is 17.8 Å². The van der Waals surface area contributed by atoms with E-state index in [2.05, 4.69) is 20.9 Å². The molecule has 2 fully saturated rings. The highest BCUT2D eigenvalue weighted by Gasteiger charge is 2.26. The van der Waals surface area contributed by atoms with Crippen molar-refractivity contribution in [2.75, 3.05) is 26.2 Å². The third-order valence-electron chi connectivity index (χ3n) is 3.85. The molecule has 0 spiro atoms. The van der Waals surface area contributed by atoms with Gasteiger partial charge in [-0.05, 0) is 26.2 Å². The van der Waals surface area contributed by atoms with Crippen LogP contribution in [0.25, 0.3) is 0 Å². The molecule has 1 saturated heterocycles. The highest BCUT2D eigenvalue weighted by molar-refractivity contribution is 5.85. The van der Waals surface area contributed by atoms with Crippen molar-refractivity contribution in [2.45, 2.75) is 51.6 Å². The normalized spacial score (nSPS) is 21.6. The Labute approximate surface area is 131 Å². The van der Waals surface area contributed by atoms with Gasteiger partial charge in [-0.1, -0.05) is 6.92 Å². The number of likely N-dealkylation sites (tertiary alicyclic amines) is 1. The van der Waals surface area contributed by atoms with Gasteiger partial charge in [0.1, 0.15) is 6.54 Å². The minimum atomic E-state index is -0.0334. The minimum absolute atomic E-state index is 0.0334. The molecule has 0 aromatic heterocycles. The van der Waals surface area contributed by atoms with Crippen LogP contribution in [0.2, 0.25) is 0 Å². The zero-order valence-electron chi connectivity index (χ0n) is 13.5. The van der Waals surface area contributed by atoms with Gasteiger partial charge in [-0.15, -0.1) is 0 Å². The number of carbonyl (C=O) groups excluding carboxylic acids is 2. The zero-order chi connectivity index (χ0) is 15.9. The zero-order valence-corrected chi connectivity index (χ0v) is 13.5. The van der Waals surface area contributed by atoms with Gasteiger partial charge in [0.05, 0.1) is 0 Å². The molecule has 1 aliphatic carbocycles. The summed E-state index contributed by atoms with van der Waals surface area (Å²) in [7, 11) is 0. The standard InChI is InChI=1S/C15H27N5O2/c1-3-14(22)20-8-7-12(10-20)19-15(16-4-2)17-9-13(21)18-11-5-6-11/h11-12H,3-10H2,1-2H3,(H,18,21)(H2,16,17,19). The molecule has 2 amide bonds. The largest absolute Gasteiger partial charge is 0.357 e. The lowest BCUT2D eigenvalue weighted by atomic mass is 10.3. The predicted octanol–water partition coefficient (Wildman–Crippen LogP) is -0.169. The molecule has 0 aromatic carbocycles. The first-order valence-electron chi connectivity index (χ1n) is 8.24. The monoisotopic (exact) mass is 309 g/mol. The van der Waals surface area contributed by atoms with Crippen molar-refractivity contribution in [3.05, 3.63) is 0 Å². The first-order chi connectivity index (χ1) is 10.6. The fourth-order valence-electron chi connectivity index (χ4n) is 2.49. The molecule has 1 saturated carbocycles. The quantitative estimate of drug-likeness (QED) is 0.470. The summed E-state index contributed by atoms with van der Waals surface area (Å²) in [6, 6.07) is 0.557. The van der Waals surface area contributed by atoms with Crippen LogP contribution in [0.1, 0.15) is 39.5 Å². The Balaban J connectivity index is 1.80. The summed E-state index contributed by atoms with van der Waals surface area (Å²) >= 11 is 0. The van der Waals surface area contributed by atoms with Crippen LogP contribution in [-0.4, -0.2) is 60.9 Å². The Kier molecular flexibility index (Phi) is 6.03. The van der Waals surface area contributed by atoms with E-state index in [9.17, 15) is 9.59 Å². The number of carbonyl (C=O) groups is 2. The van der Waals surface area contributed by atoms with Crippen LogP contribution in [0.4, 0.5) is 0 Å². The van der Waals surface area contributed by atoms with Gasteiger partial charge < -0.3 is 20.9 Å². The van der Waals surface area contributed by atoms with E-state index in [1.165, 1.54) is 0 Å². The fourth-order valence-corrected chi connectivity index (χ4v) is 2.49. The average molecular weight is 309 g/mol. The van der Waals surface area contributed by atoms with Crippen LogP contribution in [-0.2, 0) is 9.59 Å². The first kappa shape index (κ1) is 16.6. The molecule has 1 unspecified atom stereocenters. The summed E-state index contributed by atoms with van der Waals surface area (Å²) in [5.41, 5.74) is 0. The lowest BCUT2D eigenvalue weighted by Crippen LogP contribution is -2.45. The summed E-state index contributed by atoms with van der Waals surface area (Å²) < 4.78 is 0. The number of aliphatic imine (C=N–C) groups is 1. The summed E-state index contributed by atoms with van der Waals surface area (Å²) in [6.45, 7) is 6.23. The average Bonchev–Trinajstić information content (AvgIpc) is 3.19. The Morgan fingerprint density at radius 3 is 2.55 bits per heavy atom. The Morgan fingerprint density at radius 2 is 1.91 bits per heavy atom. The molecule has 124 valence electrons. The summed E-state index contributed by atoms with van der Waals surface area (Å²) in [4.78, 5) is 29.6. The van der Waals surface area contributed by atoms with E-state index in [0.717, 1.165) is 32.4 Å². The van der Waals surface area contributed by atoms with Crippen molar-refractivity contribution in [2.24, 2.45) is 4.99 Å². The van der Waals surface area contributed by atoms with E-state index in [-0.39, 0.29) is 24.4 Å². The predicted molar refractivity (Wildman–Crippen MR) is 85.6 cm³/mol. The Hall–Kier alpha value is -1.79. The van der Waals surface area contributed by atoms with E-state index in [1.54, 1.807) is 0 Å². The van der Waals surface area contributed by atoms with Crippen molar-refractivity contribution in [1.29, 1.82) is 0 Å². The van der Waals surface area contributed by atoms with Crippen molar-refractivity contribution < 1.29 is 9.59 Å². The van der Waals surface area contributed by atoms with E-state index in [1.807, 2.05) is 18.7 Å². The number of nitrogens with one attached hydrogen (secondary N) is 3. The number of rotatable bonds is 6. The first-order valence-corrected chi connectivity index (χ1v) is 8.24. The highest BCUT2D eigenvalue weighted by Crippen LogP contribution is 2.18. The van der Waals surface area contributed by atoms with Gasteiger partial charge in [0, 0.05) is 38.1 Å². The molecule has 1 heterocycles. The van der Waals surface area contributed by atoms with Crippen molar-refractivity contribution in [3.8, 4) is 0 Å². The number of guanidine groups is 1. The topological polar surface area (TPSA) is 85.8 Å². The SMILES string of the molecule is CCNC(=NCC(=O)NC1CC1)NC1CCN(C(=O)CC)C1. The molecule has 7 nitrogen and oxygen atoms in total. The molecule has 0 bridgehead atoms. The van der Waals surface area contributed by atoms with Crippen molar-refractivity contribution in [3.63, 3.8) is 0 Å². The molecule has 0 radical (unpaired) electrons. The van der Waals surface area contributed by atoms with Crippen LogP contribution >= 0.6 is 0 Å². The molecule has 3 N–H and O–H groups in total. The molecule has 2 rings (SSSR count). The molecule has 1 atom stereocenters. The minimum Gasteiger partial charge on any atom is -0.357 e. The third-order valence-corrected chi connectivity index (χ3v) is 3.85. The second kappa shape index (κ2) is 8.00. The second-order valence-electron chi connectivity index (χ2n) is 5.86. The third kappa shape index (κ3) is 5.20. The van der Waals surface area contributed by atoms with Gasteiger partial charge in [-0.25, -0.2) is 4.99 Å². The Bertz CT molecular complexity index is 434. The van der Waals surface area contributed by atoms with E-state index in [0.29, 0.717) is 25.0 Å². The van der Waals surface area contributed by atoms with Gasteiger partial charge in [-0.3, -0.25) is 9.59 Å². The summed E-state index contributed by atoms with van der Waals surface area (Å²) in [5.74, 6) is 0.799. The maximum absolute atomic E-state index is 11.7. The number of hydrogen-bond acceptors (Lipinski definition) is 3. The van der Waals surface area contributed by atoms with Gasteiger partial charge >= 0.3 is 0 Å². The van der Waals surface area contributed by atoms with Crippen molar-refractivity contribution in [1.82, 2.24) is 20.9 Å². The van der Waals surface area contributed by atoms with Crippen LogP contribution in [0.3, 0.4) is 0 Å². The Morgan fingerprint density at radius 1 is 1.14 bits per heavy atom. The fraction of sp³-hybridized carbons (Fsp3) is 0.800. The van der Waals surface area contributed by atoms with Gasteiger partial charge in [-0.2, -0.15) is 0 Å². The molecule has 7 heteroatoms. The lowest BCUT2D eigenvalue weighted by Gasteiger charge is -2.18. The van der Waals surface area contributed by atoms with Crippen LogP contribution < -0.4 is 16.0 Å². The molecule has 22 heavy (non-hydrogen) atoms. The van der Waals surface area contributed by atoms with Gasteiger partial charge in [0.2, 0.25) is 11.8 Å². The molecular formula is C15H27N5O2. The molecule has 1 aliphatic heterocycles. The highest BCUT2D eigenvalue weighted by atomic mass is 16.2. The maximum Gasteiger partial charge on any atom is 0.242 e. The van der Waals surface area contributed by atoms with E-state index < -0.39 is 0 Å². The van der Waals surface area contributed by atoms with Crippen LogP contribution in [0.5, 0.6) is 0 Å². The molecule has 2 aliphatic rings. The van der Waals surface area contributed by atoms with Crippen LogP contribution in [0.15, 0.2) is 4.99 Å². The maximum atomic E-state index is 11.7. The lowest BCUT2D eigenvalue weighted by molar-refractivity contribution is -0.129. The van der Waals surface area contributed by atoms with Gasteiger partial charge in [0.15, 0.2) is 5.96 Å². The van der Waals surface area contributed by atoms with E-state index >= 15 is 0 Å². The van der Waals surface area contributed by atoms with E-state index in [4.69, 9.17) is 0 Å². The van der Waals surface area contributed by atoms with Gasteiger partial charge in [0.25, 0.3) is 0 Å². The second-order valence-corrected chi connectivity index (χ2v) is 5.86. The summed E-state index contributed by atoms with van der Waals surface area (Å²) in [6.07, 6.45) is 3.61. The molecular weight excluding hydrogens is 282 g/mol. The number of nitrogens with zero attached hydrogens (tertiary/aromatic N) is 2. The van der Waals surface area contributed by atoms with Crippen LogP contribution in [0, 0.1) is 0 Å². The molecule has 0 aromatic rings. The smallest absolute Gasteiger partial charge is 0.242 e. The summed E-state index contributed by atoms with van der Waals surface area (Å²) in [5, 5.41) is 9.38. The number of hydrogen-bond donors (Lipinski definition) is 3. The number of amides is 2.